The van der Waals surface area contributed by atoms with Gasteiger partial charge in [0.1, 0.15) is 5.75 Å². The zero-order valence-corrected chi connectivity index (χ0v) is 12.2. The average Bonchev–Trinajstić information content (AvgIpc) is 2.59. The maximum Gasteiger partial charge on any atom is 0.375 e. The largest absolute Gasteiger partial charge is 0.479 e. The molecule has 1 unspecified atom stereocenters. The summed E-state index contributed by atoms with van der Waals surface area (Å²) in [6, 6.07) is 12.4. The Labute approximate surface area is 128 Å². The fourth-order valence-electron chi connectivity index (χ4n) is 1.69. The van der Waals surface area contributed by atoms with E-state index in [0.717, 1.165) is 0 Å². The van der Waals surface area contributed by atoms with Gasteiger partial charge in [0.25, 0.3) is 0 Å². The van der Waals surface area contributed by atoms with Crippen molar-refractivity contribution in [3.05, 3.63) is 60.4 Å². The third-order valence-corrected chi connectivity index (χ3v) is 2.87. The van der Waals surface area contributed by atoms with Crippen molar-refractivity contribution in [2.75, 3.05) is 0 Å². The van der Waals surface area contributed by atoms with E-state index in [0.29, 0.717) is 17.7 Å². The van der Waals surface area contributed by atoms with Crippen LogP contribution in [0.2, 0.25) is 0 Å². The van der Waals surface area contributed by atoms with Crippen LogP contribution in [-0.2, 0) is 9.63 Å². The molecule has 0 saturated carbocycles. The first kappa shape index (κ1) is 15.5. The van der Waals surface area contributed by atoms with Crippen molar-refractivity contribution in [3.8, 4) is 5.75 Å². The van der Waals surface area contributed by atoms with Crippen LogP contribution in [0.25, 0.3) is 0 Å². The molecule has 22 heavy (non-hydrogen) atoms. The summed E-state index contributed by atoms with van der Waals surface area (Å²) in [4.78, 5) is 20.7. The van der Waals surface area contributed by atoms with Gasteiger partial charge in [-0.05, 0) is 30.7 Å². The molecule has 2 N–H and O–H groups in total. The van der Waals surface area contributed by atoms with E-state index in [1.165, 1.54) is 0 Å². The number of amidine groups is 1. The Bertz CT molecular complexity index is 630. The number of rotatable bonds is 6. The van der Waals surface area contributed by atoms with Gasteiger partial charge >= 0.3 is 5.97 Å². The molecular formula is C16H17N3O3. The van der Waals surface area contributed by atoms with Crippen LogP contribution in [0.1, 0.15) is 18.9 Å². The van der Waals surface area contributed by atoms with E-state index in [9.17, 15) is 4.79 Å². The maximum atomic E-state index is 12.0. The number of oxime groups is 1. The molecule has 0 aliphatic carbocycles. The Balaban J connectivity index is 1.98. The molecule has 6 nitrogen and oxygen atoms in total. The number of ether oxygens (including phenoxy) is 1. The molecule has 0 bridgehead atoms. The van der Waals surface area contributed by atoms with Gasteiger partial charge in [-0.1, -0.05) is 30.3 Å². The molecule has 2 aromatic rings. The van der Waals surface area contributed by atoms with Crippen LogP contribution < -0.4 is 10.5 Å². The molecule has 1 aromatic heterocycles. The first-order valence-corrected chi connectivity index (χ1v) is 6.87. The highest BCUT2D eigenvalue weighted by molar-refractivity contribution is 5.97. The third-order valence-electron chi connectivity index (χ3n) is 2.87. The number of hydrogen-bond donors (Lipinski definition) is 1. The van der Waals surface area contributed by atoms with E-state index in [1.807, 2.05) is 25.1 Å². The Morgan fingerprint density at radius 2 is 1.91 bits per heavy atom. The van der Waals surface area contributed by atoms with E-state index in [1.54, 1.807) is 36.7 Å². The number of benzene rings is 1. The molecule has 2 rings (SSSR count). The van der Waals surface area contributed by atoms with E-state index >= 15 is 0 Å². The number of para-hydroxylation sites is 1. The van der Waals surface area contributed by atoms with Crippen LogP contribution in [0.4, 0.5) is 0 Å². The summed E-state index contributed by atoms with van der Waals surface area (Å²) >= 11 is 0. The quantitative estimate of drug-likeness (QED) is 0.382. The standard InChI is InChI=1S/C16H17N3O3/c1-2-14(21-13-6-4-3-5-7-13)16(20)22-19-15(17)12-8-10-18-11-9-12/h3-11,14H,2H2,1H3,(H2,17,19). The number of nitrogens with zero attached hydrogens (tertiary/aromatic N) is 2. The lowest BCUT2D eigenvalue weighted by atomic mass is 10.2. The molecule has 1 heterocycles. The summed E-state index contributed by atoms with van der Waals surface area (Å²) in [5.41, 5.74) is 6.37. The van der Waals surface area contributed by atoms with Gasteiger partial charge in [0.05, 0.1) is 0 Å². The molecule has 114 valence electrons. The number of aromatic nitrogens is 1. The minimum absolute atomic E-state index is 0.102. The molecule has 1 aromatic carbocycles. The van der Waals surface area contributed by atoms with Crippen LogP contribution in [-0.4, -0.2) is 22.9 Å². The van der Waals surface area contributed by atoms with Gasteiger partial charge in [-0.15, -0.1) is 0 Å². The normalized spacial score (nSPS) is 12.5. The second-order valence-corrected chi connectivity index (χ2v) is 4.45. The lowest BCUT2D eigenvalue weighted by Gasteiger charge is -2.14. The van der Waals surface area contributed by atoms with Gasteiger partial charge in [0.2, 0.25) is 0 Å². The number of hydrogen-bond acceptors (Lipinski definition) is 5. The molecule has 0 amide bonds. The first-order chi connectivity index (χ1) is 10.7. The predicted molar refractivity (Wildman–Crippen MR) is 82.2 cm³/mol. The summed E-state index contributed by atoms with van der Waals surface area (Å²) in [6.07, 6.45) is 2.87. The van der Waals surface area contributed by atoms with Crippen LogP contribution in [0.3, 0.4) is 0 Å². The lowest BCUT2D eigenvalue weighted by molar-refractivity contribution is -0.152. The third kappa shape index (κ3) is 4.31. The molecule has 0 radical (unpaired) electrons. The lowest BCUT2D eigenvalue weighted by Crippen LogP contribution is -2.28. The Hall–Kier alpha value is -2.89. The zero-order valence-electron chi connectivity index (χ0n) is 12.2. The molecule has 1 atom stereocenters. The monoisotopic (exact) mass is 299 g/mol. The summed E-state index contributed by atoms with van der Waals surface area (Å²) in [5, 5.41) is 3.64. The van der Waals surface area contributed by atoms with Crippen molar-refractivity contribution < 1.29 is 14.4 Å². The SMILES string of the molecule is CCC(Oc1ccccc1)C(=O)ON=C(N)c1ccncc1. The van der Waals surface area contributed by atoms with Crippen molar-refractivity contribution in [1.82, 2.24) is 4.98 Å². The number of pyridine rings is 1. The Morgan fingerprint density at radius 1 is 1.23 bits per heavy atom. The van der Waals surface area contributed by atoms with Crippen molar-refractivity contribution in [2.45, 2.75) is 19.4 Å². The highest BCUT2D eigenvalue weighted by Crippen LogP contribution is 2.13. The Morgan fingerprint density at radius 3 is 2.55 bits per heavy atom. The van der Waals surface area contributed by atoms with Gasteiger partial charge in [-0.25, -0.2) is 4.79 Å². The summed E-state index contributed by atoms with van der Waals surface area (Å²) in [5.74, 6) is 0.103. The molecule has 0 fully saturated rings. The fourth-order valence-corrected chi connectivity index (χ4v) is 1.69. The number of nitrogens with two attached hydrogens (primary N) is 1. The maximum absolute atomic E-state index is 12.0. The molecule has 0 aliphatic heterocycles. The van der Waals surface area contributed by atoms with Crippen molar-refractivity contribution in [1.29, 1.82) is 0 Å². The van der Waals surface area contributed by atoms with Crippen molar-refractivity contribution >= 4 is 11.8 Å². The summed E-state index contributed by atoms with van der Waals surface area (Å²) in [6.45, 7) is 1.82. The van der Waals surface area contributed by atoms with Gasteiger partial charge in [-0.2, -0.15) is 0 Å². The van der Waals surface area contributed by atoms with Crippen LogP contribution in [0.15, 0.2) is 60.0 Å². The molecule has 0 spiro atoms. The first-order valence-electron chi connectivity index (χ1n) is 6.87. The minimum Gasteiger partial charge on any atom is -0.479 e. The molecule has 0 saturated heterocycles. The predicted octanol–water partition coefficient (Wildman–Crippen LogP) is 2.10. The zero-order chi connectivity index (χ0) is 15.8. The second-order valence-electron chi connectivity index (χ2n) is 4.45. The fraction of sp³-hybridized carbons (Fsp3) is 0.188. The Kier molecular flexibility index (Phi) is 5.48. The smallest absolute Gasteiger partial charge is 0.375 e. The van der Waals surface area contributed by atoms with Gasteiger partial charge in [-0.3, -0.25) is 4.98 Å². The van der Waals surface area contributed by atoms with Crippen LogP contribution in [0.5, 0.6) is 5.75 Å². The molecular weight excluding hydrogens is 282 g/mol. The number of carbonyl (C=O) groups excluding carboxylic acids is 1. The van der Waals surface area contributed by atoms with E-state index in [2.05, 4.69) is 10.1 Å². The van der Waals surface area contributed by atoms with Crippen LogP contribution in [0, 0.1) is 0 Å². The number of carbonyl (C=O) groups is 1. The van der Waals surface area contributed by atoms with E-state index < -0.39 is 12.1 Å². The average molecular weight is 299 g/mol. The highest BCUT2D eigenvalue weighted by atomic mass is 16.7. The van der Waals surface area contributed by atoms with E-state index in [-0.39, 0.29) is 5.84 Å². The van der Waals surface area contributed by atoms with Crippen molar-refractivity contribution in [3.63, 3.8) is 0 Å². The highest BCUT2D eigenvalue weighted by Gasteiger charge is 2.20. The molecule has 6 heteroatoms. The van der Waals surface area contributed by atoms with Gasteiger partial charge < -0.3 is 15.3 Å². The summed E-state index contributed by atoms with van der Waals surface area (Å²) in [7, 11) is 0. The van der Waals surface area contributed by atoms with E-state index in [4.69, 9.17) is 15.3 Å². The van der Waals surface area contributed by atoms with Crippen molar-refractivity contribution in [2.24, 2.45) is 10.9 Å². The van der Waals surface area contributed by atoms with Crippen LogP contribution >= 0.6 is 0 Å². The van der Waals surface area contributed by atoms with Gasteiger partial charge in [0, 0.05) is 18.0 Å². The topological polar surface area (TPSA) is 86.8 Å². The molecule has 0 aliphatic rings. The second kappa shape index (κ2) is 7.78. The summed E-state index contributed by atoms with van der Waals surface area (Å²) < 4.78 is 5.57. The minimum atomic E-state index is -0.739. The van der Waals surface area contributed by atoms with Gasteiger partial charge in [0.15, 0.2) is 11.9 Å².